The van der Waals surface area contributed by atoms with E-state index in [1.54, 1.807) is 23.1 Å². The molecule has 4 aromatic rings. The van der Waals surface area contributed by atoms with Crippen molar-refractivity contribution < 1.29 is 4.79 Å². The van der Waals surface area contributed by atoms with E-state index in [2.05, 4.69) is 36.3 Å². The Bertz CT molecular complexity index is 1300. The molecule has 1 unspecified atom stereocenters. The van der Waals surface area contributed by atoms with Gasteiger partial charge in [-0.1, -0.05) is 29.8 Å². The molecular weight excluding hydrogens is 506 g/mol. The number of halogens is 2. The zero-order valence-electron chi connectivity index (χ0n) is 17.7. The molecule has 168 valence electrons. The number of piperidine rings is 1. The van der Waals surface area contributed by atoms with Gasteiger partial charge in [0.1, 0.15) is 11.5 Å². The average molecular weight is 527 g/mol. The number of nitrogens with one attached hydrogen (secondary N) is 1. The fourth-order valence-corrected chi connectivity index (χ4v) is 4.69. The maximum absolute atomic E-state index is 12.8. The van der Waals surface area contributed by atoms with Crippen LogP contribution in [-0.2, 0) is 0 Å². The predicted molar refractivity (Wildman–Crippen MR) is 130 cm³/mol. The van der Waals surface area contributed by atoms with E-state index in [9.17, 15) is 4.79 Å². The third-order valence-electron chi connectivity index (χ3n) is 5.74. The second-order valence-corrected chi connectivity index (χ2v) is 9.23. The van der Waals surface area contributed by atoms with E-state index in [0.717, 1.165) is 40.9 Å². The van der Waals surface area contributed by atoms with Gasteiger partial charge in [0.15, 0.2) is 5.65 Å². The summed E-state index contributed by atoms with van der Waals surface area (Å²) in [4.78, 5) is 27.6. The molecule has 1 amide bonds. The maximum Gasteiger partial charge on any atom is 0.274 e. The van der Waals surface area contributed by atoms with Crippen molar-refractivity contribution in [1.29, 1.82) is 0 Å². The number of anilines is 1. The summed E-state index contributed by atoms with van der Waals surface area (Å²) in [5.41, 5.74) is 2.71. The number of likely N-dealkylation sites (tertiary alicyclic amines) is 1. The van der Waals surface area contributed by atoms with Crippen LogP contribution in [0.15, 0.2) is 59.6 Å². The summed E-state index contributed by atoms with van der Waals surface area (Å²) < 4.78 is 2.58. The molecule has 1 N–H and O–H groups in total. The molecule has 1 atom stereocenters. The molecule has 1 aliphatic rings. The van der Waals surface area contributed by atoms with Crippen LogP contribution in [0.3, 0.4) is 0 Å². The summed E-state index contributed by atoms with van der Waals surface area (Å²) in [5, 5.41) is 8.62. The number of hydrogen-bond acceptors (Lipinski definition) is 6. The monoisotopic (exact) mass is 525 g/mol. The lowest BCUT2D eigenvalue weighted by molar-refractivity contribution is 0.0673. The number of rotatable bonds is 5. The first-order valence-corrected chi connectivity index (χ1v) is 11.9. The molecule has 5 rings (SSSR count). The van der Waals surface area contributed by atoms with E-state index >= 15 is 0 Å². The van der Waals surface area contributed by atoms with Crippen molar-refractivity contribution in [3.05, 3.63) is 70.3 Å². The number of fused-ring (bicyclic) bond motifs is 1. The highest BCUT2D eigenvalue weighted by atomic mass is 79.9. The van der Waals surface area contributed by atoms with Gasteiger partial charge >= 0.3 is 0 Å². The third kappa shape index (κ3) is 4.56. The minimum absolute atomic E-state index is 0.0730. The molecule has 4 heterocycles. The third-order valence-corrected chi connectivity index (χ3v) is 6.63. The lowest BCUT2D eigenvalue weighted by atomic mass is 9.97. The Morgan fingerprint density at radius 2 is 2.12 bits per heavy atom. The normalized spacial score (nSPS) is 16.2. The van der Waals surface area contributed by atoms with Crippen LogP contribution in [0.4, 0.5) is 5.82 Å². The van der Waals surface area contributed by atoms with Crippen molar-refractivity contribution in [2.24, 2.45) is 5.92 Å². The summed E-state index contributed by atoms with van der Waals surface area (Å²) in [6.45, 7) is 2.09. The summed E-state index contributed by atoms with van der Waals surface area (Å²) in [6, 6.07) is 9.60. The largest absolute Gasteiger partial charge is 0.370 e. The Morgan fingerprint density at radius 1 is 1.24 bits per heavy atom. The Labute approximate surface area is 204 Å². The Balaban J connectivity index is 1.36. The van der Waals surface area contributed by atoms with E-state index in [1.807, 2.05) is 35.2 Å². The fourth-order valence-electron chi connectivity index (χ4n) is 4.11. The van der Waals surface area contributed by atoms with Crippen molar-refractivity contribution in [3.63, 3.8) is 0 Å². The number of nitrogens with zero attached hydrogens (tertiary/aromatic N) is 6. The van der Waals surface area contributed by atoms with Crippen molar-refractivity contribution in [2.45, 2.75) is 12.8 Å². The van der Waals surface area contributed by atoms with E-state index in [-0.39, 0.29) is 5.91 Å². The van der Waals surface area contributed by atoms with Crippen LogP contribution in [0, 0.1) is 5.92 Å². The van der Waals surface area contributed by atoms with E-state index in [1.165, 1.54) is 6.20 Å². The Kier molecular flexibility index (Phi) is 6.24. The first kappa shape index (κ1) is 21.8. The first-order chi connectivity index (χ1) is 16.1. The zero-order valence-corrected chi connectivity index (χ0v) is 20.0. The summed E-state index contributed by atoms with van der Waals surface area (Å²) in [6.07, 6.45) is 8.34. The predicted octanol–water partition coefficient (Wildman–Crippen LogP) is 4.57. The van der Waals surface area contributed by atoms with Gasteiger partial charge in [0.2, 0.25) is 0 Å². The lowest BCUT2D eigenvalue weighted by Crippen LogP contribution is -2.42. The van der Waals surface area contributed by atoms with Gasteiger partial charge in [0.25, 0.3) is 5.91 Å². The van der Waals surface area contributed by atoms with Crippen molar-refractivity contribution in [1.82, 2.24) is 29.5 Å². The molecule has 0 radical (unpaired) electrons. The van der Waals surface area contributed by atoms with Crippen LogP contribution >= 0.6 is 27.5 Å². The second-order valence-electron chi connectivity index (χ2n) is 7.97. The van der Waals surface area contributed by atoms with Crippen LogP contribution < -0.4 is 5.32 Å². The number of carbonyl (C=O) groups excluding carboxylic acids is 1. The molecule has 10 heteroatoms. The van der Waals surface area contributed by atoms with Crippen LogP contribution in [-0.4, -0.2) is 55.0 Å². The highest BCUT2D eigenvalue weighted by molar-refractivity contribution is 9.10. The summed E-state index contributed by atoms with van der Waals surface area (Å²) in [5.74, 6) is 1.04. The first-order valence-electron chi connectivity index (χ1n) is 10.7. The molecule has 0 saturated carbocycles. The second kappa shape index (κ2) is 9.44. The topological polar surface area (TPSA) is 88.3 Å². The molecule has 3 aromatic heterocycles. The maximum atomic E-state index is 12.8. The summed E-state index contributed by atoms with van der Waals surface area (Å²) in [7, 11) is 0. The Hall–Kier alpha value is -3.04. The van der Waals surface area contributed by atoms with E-state index in [0.29, 0.717) is 35.4 Å². The van der Waals surface area contributed by atoms with Crippen molar-refractivity contribution in [2.75, 3.05) is 25.0 Å². The quantitative estimate of drug-likeness (QED) is 0.410. The van der Waals surface area contributed by atoms with Crippen LogP contribution in [0.2, 0.25) is 5.02 Å². The molecule has 1 aromatic carbocycles. The lowest BCUT2D eigenvalue weighted by Gasteiger charge is -2.32. The standard InChI is InChI=1S/C23H21BrClN7O/c24-17-12-29-32-21(10-19(30-22(17)32)16-5-1-2-6-18(16)25)28-11-15-4-3-9-31(14-15)23(33)20-13-26-7-8-27-20/h1-2,5-8,10,12-13,15,28H,3-4,9,11,14H2. The van der Waals surface area contributed by atoms with Crippen molar-refractivity contribution in [3.8, 4) is 11.3 Å². The number of carbonyl (C=O) groups is 1. The molecule has 1 saturated heterocycles. The molecule has 0 bridgehead atoms. The highest BCUT2D eigenvalue weighted by Gasteiger charge is 2.25. The zero-order chi connectivity index (χ0) is 22.8. The Morgan fingerprint density at radius 3 is 2.94 bits per heavy atom. The molecule has 1 fully saturated rings. The van der Waals surface area contributed by atoms with Gasteiger partial charge in [-0.05, 0) is 40.8 Å². The average Bonchev–Trinajstić information content (AvgIpc) is 3.24. The van der Waals surface area contributed by atoms with Gasteiger partial charge in [-0.2, -0.15) is 9.61 Å². The summed E-state index contributed by atoms with van der Waals surface area (Å²) >= 11 is 9.97. The van der Waals surface area contributed by atoms with Gasteiger partial charge in [-0.3, -0.25) is 9.78 Å². The molecule has 33 heavy (non-hydrogen) atoms. The van der Waals surface area contributed by atoms with Crippen molar-refractivity contribution >= 4 is 44.9 Å². The minimum Gasteiger partial charge on any atom is -0.370 e. The molecule has 0 aliphatic carbocycles. The number of hydrogen-bond donors (Lipinski definition) is 1. The van der Waals surface area contributed by atoms with Gasteiger partial charge < -0.3 is 10.2 Å². The number of benzene rings is 1. The van der Waals surface area contributed by atoms with Crippen LogP contribution in [0.25, 0.3) is 16.9 Å². The molecule has 1 aliphatic heterocycles. The minimum atomic E-state index is -0.0730. The van der Waals surface area contributed by atoms with Gasteiger partial charge in [-0.15, -0.1) is 0 Å². The number of amides is 1. The SMILES string of the molecule is O=C(c1cnccn1)N1CCCC(CNc2cc(-c3ccccc3Cl)nc3c(Br)cnn23)C1. The van der Waals surface area contributed by atoms with Gasteiger partial charge in [0, 0.05) is 48.7 Å². The van der Waals surface area contributed by atoms with E-state index < -0.39 is 0 Å². The molecular formula is C23H21BrClN7O. The number of aromatic nitrogens is 5. The molecule has 8 nitrogen and oxygen atoms in total. The van der Waals surface area contributed by atoms with Crippen LogP contribution in [0.5, 0.6) is 0 Å². The fraction of sp³-hybridized carbons (Fsp3) is 0.261. The highest BCUT2D eigenvalue weighted by Crippen LogP contribution is 2.30. The van der Waals surface area contributed by atoms with Crippen LogP contribution in [0.1, 0.15) is 23.3 Å². The van der Waals surface area contributed by atoms with Gasteiger partial charge in [-0.25, -0.2) is 9.97 Å². The smallest absolute Gasteiger partial charge is 0.274 e. The van der Waals surface area contributed by atoms with Gasteiger partial charge in [0.05, 0.1) is 22.6 Å². The molecule has 0 spiro atoms. The van der Waals surface area contributed by atoms with E-state index in [4.69, 9.17) is 16.6 Å².